The normalized spacial score (nSPS) is 10.3. The fourth-order valence-electron chi connectivity index (χ4n) is 1.19. The number of halogens is 2. The maximum atomic E-state index is 5.08. The van der Waals surface area contributed by atoms with E-state index in [1.807, 2.05) is 24.3 Å². The zero-order chi connectivity index (χ0) is 10.8. The highest BCUT2D eigenvalue weighted by Crippen LogP contribution is 2.33. The Hall–Kier alpha value is -0.810. The zero-order valence-corrected chi connectivity index (χ0v) is 11.0. The van der Waals surface area contributed by atoms with Gasteiger partial charge >= 0.3 is 0 Å². The molecule has 0 fully saturated rings. The minimum absolute atomic E-state index is 0.591. The summed E-state index contributed by atoms with van der Waals surface area (Å²) in [6.07, 6.45) is 0. The van der Waals surface area contributed by atoms with Crippen LogP contribution >= 0.6 is 31.9 Å². The van der Waals surface area contributed by atoms with Gasteiger partial charge < -0.3 is 9.26 Å². The summed E-state index contributed by atoms with van der Waals surface area (Å²) in [6.45, 7) is 0. The Bertz CT molecular complexity index is 465. The maximum absolute atomic E-state index is 5.08. The number of hydrogen-bond donors (Lipinski definition) is 0. The van der Waals surface area contributed by atoms with Gasteiger partial charge in [-0.1, -0.05) is 5.16 Å². The van der Waals surface area contributed by atoms with Crippen molar-refractivity contribution in [3.8, 4) is 17.0 Å². The van der Waals surface area contributed by atoms with E-state index in [0.29, 0.717) is 4.67 Å². The van der Waals surface area contributed by atoms with E-state index in [1.165, 1.54) is 0 Å². The maximum Gasteiger partial charge on any atom is 0.216 e. The number of benzene rings is 1. The molecule has 0 spiro atoms. The minimum atomic E-state index is 0.591. The number of methoxy groups -OCH3 is 1. The SMILES string of the molecule is COc1ccc(-c2noc(Br)c2Br)cc1. The molecule has 0 radical (unpaired) electrons. The first-order chi connectivity index (χ1) is 7.22. The van der Waals surface area contributed by atoms with Crippen LogP contribution in [0.3, 0.4) is 0 Å². The van der Waals surface area contributed by atoms with Crippen molar-refractivity contribution in [2.24, 2.45) is 0 Å². The molecule has 0 saturated carbocycles. The molecule has 2 rings (SSSR count). The Labute approximate surface area is 104 Å². The van der Waals surface area contributed by atoms with E-state index in [4.69, 9.17) is 9.26 Å². The molecule has 0 aliphatic rings. The van der Waals surface area contributed by atoms with Gasteiger partial charge in [0.2, 0.25) is 4.67 Å². The monoisotopic (exact) mass is 331 g/mol. The molecule has 0 aliphatic carbocycles. The third-order valence-electron chi connectivity index (χ3n) is 1.96. The van der Waals surface area contributed by atoms with Gasteiger partial charge in [0, 0.05) is 5.56 Å². The summed E-state index contributed by atoms with van der Waals surface area (Å²) < 4.78 is 11.5. The predicted octanol–water partition coefficient (Wildman–Crippen LogP) is 3.88. The molecule has 1 heterocycles. The van der Waals surface area contributed by atoms with Crippen molar-refractivity contribution in [3.05, 3.63) is 33.4 Å². The molecule has 0 unspecified atom stereocenters. The molecule has 0 saturated heterocycles. The lowest BCUT2D eigenvalue weighted by Crippen LogP contribution is -1.83. The van der Waals surface area contributed by atoms with Crippen LogP contribution in [-0.2, 0) is 0 Å². The van der Waals surface area contributed by atoms with Gasteiger partial charge in [-0.05, 0) is 56.1 Å². The van der Waals surface area contributed by atoms with Gasteiger partial charge in [-0.15, -0.1) is 0 Å². The molecule has 0 bridgehead atoms. The molecule has 15 heavy (non-hydrogen) atoms. The molecule has 3 nitrogen and oxygen atoms in total. The van der Waals surface area contributed by atoms with Gasteiger partial charge in [0.05, 0.1) is 11.6 Å². The third kappa shape index (κ3) is 2.08. The molecule has 5 heteroatoms. The summed E-state index contributed by atoms with van der Waals surface area (Å²) in [6, 6.07) is 7.61. The van der Waals surface area contributed by atoms with Gasteiger partial charge in [-0.25, -0.2) is 0 Å². The lowest BCUT2D eigenvalue weighted by molar-refractivity contribution is 0.401. The van der Waals surface area contributed by atoms with Crippen molar-refractivity contribution in [2.45, 2.75) is 0 Å². The van der Waals surface area contributed by atoms with Gasteiger partial charge in [0.1, 0.15) is 11.4 Å². The first-order valence-electron chi connectivity index (χ1n) is 4.17. The molecular formula is C10H7Br2NO2. The van der Waals surface area contributed by atoms with Crippen LogP contribution in [0.25, 0.3) is 11.3 Å². The summed E-state index contributed by atoms with van der Waals surface area (Å²) in [4.78, 5) is 0. The minimum Gasteiger partial charge on any atom is -0.497 e. The number of rotatable bonds is 2. The van der Waals surface area contributed by atoms with Crippen molar-refractivity contribution in [1.29, 1.82) is 0 Å². The number of ether oxygens (including phenoxy) is 1. The van der Waals surface area contributed by atoms with Crippen LogP contribution in [0.4, 0.5) is 0 Å². The van der Waals surface area contributed by atoms with Crippen LogP contribution in [-0.4, -0.2) is 12.3 Å². The van der Waals surface area contributed by atoms with E-state index in [0.717, 1.165) is 21.5 Å². The summed E-state index contributed by atoms with van der Waals surface area (Å²) in [7, 11) is 1.64. The van der Waals surface area contributed by atoms with Crippen LogP contribution < -0.4 is 4.74 Å². The van der Waals surface area contributed by atoms with Gasteiger partial charge in [0.25, 0.3) is 0 Å². The highest BCUT2D eigenvalue weighted by molar-refractivity contribution is 9.13. The smallest absolute Gasteiger partial charge is 0.216 e. The standard InChI is InChI=1S/C10H7Br2NO2/c1-14-7-4-2-6(3-5-7)9-8(11)10(12)15-13-9/h2-5H,1H3. The second kappa shape index (κ2) is 4.37. The van der Waals surface area contributed by atoms with Gasteiger partial charge in [-0.3, -0.25) is 0 Å². The third-order valence-corrected chi connectivity index (χ3v) is 3.77. The largest absolute Gasteiger partial charge is 0.497 e. The van der Waals surface area contributed by atoms with E-state index >= 15 is 0 Å². The van der Waals surface area contributed by atoms with Gasteiger partial charge in [-0.2, -0.15) is 0 Å². The summed E-state index contributed by atoms with van der Waals surface area (Å²) >= 11 is 6.63. The Morgan fingerprint density at radius 1 is 1.20 bits per heavy atom. The Kier molecular flexibility index (Phi) is 3.11. The van der Waals surface area contributed by atoms with Crippen molar-refractivity contribution in [3.63, 3.8) is 0 Å². The zero-order valence-electron chi connectivity index (χ0n) is 7.83. The predicted molar refractivity (Wildman–Crippen MR) is 63.9 cm³/mol. The van der Waals surface area contributed by atoms with Crippen molar-refractivity contribution in [2.75, 3.05) is 7.11 Å². The molecule has 0 atom stereocenters. The van der Waals surface area contributed by atoms with E-state index in [-0.39, 0.29) is 0 Å². The topological polar surface area (TPSA) is 35.3 Å². The quantitative estimate of drug-likeness (QED) is 0.837. The van der Waals surface area contributed by atoms with Crippen LogP contribution in [0.15, 0.2) is 37.9 Å². The average molecular weight is 333 g/mol. The Morgan fingerprint density at radius 3 is 2.33 bits per heavy atom. The molecule has 2 aromatic rings. The second-order valence-electron chi connectivity index (χ2n) is 2.85. The van der Waals surface area contributed by atoms with E-state index < -0.39 is 0 Å². The van der Waals surface area contributed by atoms with E-state index in [1.54, 1.807) is 7.11 Å². The number of nitrogens with zero attached hydrogens (tertiary/aromatic N) is 1. The Balaban J connectivity index is 2.41. The first kappa shape index (κ1) is 10.7. The molecule has 78 valence electrons. The lowest BCUT2D eigenvalue weighted by Gasteiger charge is -2.00. The van der Waals surface area contributed by atoms with Crippen LogP contribution in [0, 0.1) is 0 Å². The second-order valence-corrected chi connectivity index (χ2v) is 4.36. The molecule has 0 N–H and O–H groups in total. The van der Waals surface area contributed by atoms with E-state index in [9.17, 15) is 0 Å². The van der Waals surface area contributed by atoms with Crippen LogP contribution in [0.1, 0.15) is 0 Å². The summed E-state index contributed by atoms with van der Waals surface area (Å²) in [5.74, 6) is 0.817. The highest BCUT2D eigenvalue weighted by atomic mass is 79.9. The molecular weight excluding hydrogens is 326 g/mol. The highest BCUT2D eigenvalue weighted by Gasteiger charge is 2.12. The van der Waals surface area contributed by atoms with Crippen molar-refractivity contribution in [1.82, 2.24) is 5.16 Å². The van der Waals surface area contributed by atoms with Crippen LogP contribution in [0.2, 0.25) is 0 Å². The summed E-state index contributed by atoms with van der Waals surface area (Å²) in [5, 5.41) is 3.93. The lowest BCUT2D eigenvalue weighted by atomic mass is 10.1. The molecule has 0 amide bonds. The fraction of sp³-hybridized carbons (Fsp3) is 0.100. The Morgan fingerprint density at radius 2 is 1.87 bits per heavy atom. The van der Waals surface area contributed by atoms with Gasteiger partial charge in [0.15, 0.2) is 0 Å². The molecule has 0 aliphatic heterocycles. The molecule has 1 aromatic heterocycles. The van der Waals surface area contributed by atoms with Crippen LogP contribution in [0.5, 0.6) is 5.75 Å². The number of hydrogen-bond acceptors (Lipinski definition) is 3. The van der Waals surface area contributed by atoms with E-state index in [2.05, 4.69) is 37.0 Å². The van der Waals surface area contributed by atoms with Crippen molar-refractivity contribution < 1.29 is 9.26 Å². The average Bonchev–Trinajstić information content (AvgIpc) is 2.60. The first-order valence-corrected chi connectivity index (χ1v) is 5.76. The van der Waals surface area contributed by atoms with Crippen molar-refractivity contribution >= 4 is 31.9 Å². The fourth-order valence-corrected chi connectivity index (χ4v) is 1.82. The summed E-state index contributed by atoms with van der Waals surface area (Å²) in [5.41, 5.74) is 1.74. The molecule has 1 aromatic carbocycles. The number of aromatic nitrogens is 1.